The number of H-pyrrole nitrogens is 1. The molecule has 4 aromatic rings. The van der Waals surface area contributed by atoms with Gasteiger partial charge in [-0.1, -0.05) is 42.5 Å². The first-order valence-corrected chi connectivity index (χ1v) is 9.87. The molecule has 0 saturated carbocycles. The van der Waals surface area contributed by atoms with E-state index in [1.54, 1.807) is 18.5 Å². The number of nitro benzene ring substituents is 1. The van der Waals surface area contributed by atoms with Crippen molar-refractivity contribution in [3.8, 4) is 11.4 Å². The second kappa shape index (κ2) is 7.84. The predicted molar refractivity (Wildman–Crippen MR) is 123 cm³/mol. The number of amides is 1. The van der Waals surface area contributed by atoms with Gasteiger partial charge in [0.15, 0.2) is 0 Å². The monoisotopic (exact) mass is 423 g/mol. The van der Waals surface area contributed by atoms with Crippen LogP contribution in [0.5, 0.6) is 0 Å². The number of imidazole rings is 1. The lowest BCUT2D eigenvalue weighted by Gasteiger charge is -2.15. The van der Waals surface area contributed by atoms with Crippen molar-refractivity contribution in [1.29, 1.82) is 0 Å². The fraction of sp³-hybridized carbons (Fsp3) is 0. The highest BCUT2D eigenvalue weighted by atomic mass is 16.6. The molecule has 0 saturated heterocycles. The SMILES string of the molecule is O=C1Nc2ccc([N+](=O)[O-])cc2C1=C(Nc1cccc(-c2ncc[nH]2)c1)c1ccccc1. The van der Waals surface area contributed by atoms with Crippen LogP contribution in [0.25, 0.3) is 22.7 Å². The van der Waals surface area contributed by atoms with Crippen molar-refractivity contribution in [2.75, 3.05) is 10.6 Å². The third-order valence-corrected chi connectivity index (χ3v) is 5.17. The van der Waals surface area contributed by atoms with E-state index in [0.29, 0.717) is 22.5 Å². The van der Waals surface area contributed by atoms with E-state index in [2.05, 4.69) is 20.6 Å². The Morgan fingerprint density at radius 3 is 2.59 bits per heavy atom. The summed E-state index contributed by atoms with van der Waals surface area (Å²) in [5.74, 6) is 0.399. The second-order valence-corrected chi connectivity index (χ2v) is 7.20. The summed E-state index contributed by atoms with van der Waals surface area (Å²) in [6.07, 6.45) is 3.43. The van der Waals surface area contributed by atoms with E-state index in [1.807, 2.05) is 54.6 Å². The van der Waals surface area contributed by atoms with Gasteiger partial charge in [0, 0.05) is 47.0 Å². The summed E-state index contributed by atoms with van der Waals surface area (Å²) in [6.45, 7) is 0. The van der Waals surface area contributed by atoms with Gasteiger partial charge in [0.2, 0.25) is 0 Å². The molecule has 1 aliphatic heterocycles. The Labute approximate surface area is 182 Å². The van der Waals surface area contributed by atoms with Crippen LogP contribution in [0, 0.1) is 10.1 Å². The Bertz CT molecular complexity index is 1360. The van der Waals surface area contributed by atoms with E-state index in [1.165, 1.54) is 12.1 Å². The van der Waals surface area contributed by atoms with E-state index in [-0.39, 0.29) is 11.6 Å². The normalized spacial score (nSPS) is 13.9. The summed E-state index contributed by atoms with van der Waals surface area (Å²) in [5, 5.41) is 17.5. The Morgan fingerprint density at radius 1 is 1.00 bits per heavy atom. The molecule has 8 heteroatoms. The smallest absolute Gasteiger partial charge is 0.270 e. The molecule has 0 aliphatic carbocycles. The minimum Gasteiger partial charge on any atom is -0.354 e. The first-order valence-electron chi connectivity index (χ1n) is 9.87. The summed E-state index contributed by atoms with van der Waals surface area (Å²) in [4.78, 5) is 31.2. The lowest BCUT2D eigenvalue weighted by molar-refractivity contribution is -0.384. The zero-order valence-corrected chi connectivity index (χ0v) is 16.7. The molecule has 0 bridgehead atoms. The van der Waals surface area contributed by atoms with E-state index < -0.39 is 4.92 Å². The molecule has 0 radical (unpaired) electrons. The fourth-order valence-electron chi connectivity index (χ4n) is 3.71. The Kier molecular flexibility index (Phi) is 4.72. The van der Waals surface area contributed by atoms with Gasteiger partial charge in [-0.2, -0.15) is 0 Å². The molecule has 32 heavy (non-hydrogen) atoms. The number of fused-ring (bicyclic) bond motifs is 1. The maximum absolute atomic E-state index is 13.0. The predicted octanol–water partition coefficient (Wildman–Crippen LogP) is 4.92. The van der Waals surface area contributed by atoms with Crippen molar-refractivity contribution >= 4 is 34.2 Å². The minimum atomic E-state index is -0.469. The number of aromatic amines is 1. The molecule has 3 aromatic carbocycles. The number of nitro groups is 1. The summed E-state index contributed by atoms with van der Waals surface area (Å²) in [5.41, 5.74) is 4.25. The maximum atomic E-state index is 13.0. The van der Waals surface area contributed by atoms with Gasteiger partial charge < -0.3 is 15.6 Å². The van der Waals surface area contributed by atoms with Crippen LogP contribution in [0.1, 0.15) is 11.1 Å². The fourth-order valence-corrected chi connectivity index (χ4v) is 3.71. The van der Waals surface area contributed by atoms with Gasteiger partial charge in [-0.25, -0.2) is 4.98 Å². The van der Waals surface area contributed by atoms with Crippen LogP contribution in [0.2, 0.25) is 0 Å². The largest absolute Gasteiger partial charge is 0.354 e. The van der Waals surface area contributed by atoms with Crippen molar-refractivity contribution < 1.29 is 9.72 Å². The number of nitrogens with one attached hydrogen (secondary N) is 3. The molecule has 0 fully saturated rings. The van der Waals surface area contributed by atoms with Crippen LogP contribution in [0.4, 0.5) is 17.1 Å². The lowest BCUT2D eigenvalue weighted by atomic mass is 9.99. The highest BCUT2D eigenvalue weighted by Crippen LogP contribution is 2.39. The van der Waals surface area contributed by atoms with Crippen LogP contribution in [-0.4, -0.2) is 20.8 Å². The third-order valence-electron chi connectivity index (χ3n) is 5.17. The van der Waals surface area contributed by atoms with Gasteiger partial charge in [0.1, 0.15) is 5.82 Å². The number of aromatic nitrogens is 2. The quantitative estimate of drug-likeness (QED) is 0.240. The third kappa shape index (κ3) is 3.50. The van der Waals surface area contributed by atoms with Crippen molar-refractivity contribution in [1.82, 2.24) is 9.97 Å². The number of hydrogen-bond donors (Lipinski definition) is 3. The molecule has 0 spiro atoms. The number of non-ortho nitro benzene ring substituents is 1. The number of carbonyl (C=O) groups excluding carboxylic acids is 1. The number of benzene rings is 3. The molecule has 8 nitrogen and oxygen atoms in total. The average Bonchev–Trinajstić information content (AvgIpc) is 3.45. The molecule has 0 unspecified atom stereocenters. The van der Waals surface area contributed by atoms with Crippen molar-refractivity contribution in [3.05, 3.63) is 106 Å². The van der Waals surface area contributed by atoms with Gasteiger partial charge in [0.05, 0.1) is 16.2 Å². The molecule has 1 amide bonds. The zero-order valence-electron chi connectivity index (χ0n) is 16.7. The molecule has 156 valence electrons. The highest BCUT2D eigenvalue weighted by molar-refractivity contribution is 6.37. The average molecular weight is 423 g/mol. The number of anilines is 2. The first-order chi connectivity index (χ1) is 15.6. The second-order valence-electron chi connectivity index (χ2n) is 7.20. The van der Waals surface area contributed by atoms with E-state index in [0.717, 1.165) is 22.6 Å². The van der Waals surface area contributed by atoms with Crippen LogP contribution in [0.15, 0.2) is 85.2 Å². The van der Waals surface area contributed by atoms with Crippen LogP contribution >= 0.6 is 0 Å². The van der Waals surface area contributed by atoms with Gasteiger partial charge in [-0.15, -0.1) is 0 Å². The van der Waals surface area contributed by atoms with E-state index >= 15 is 0 Å². The minimum absolute atomic E-state index is 0.0787. The summed E-state index contributed by atoms with van der Waals surface area (Å²) >= 11 is 0. The molecule has 5 rings (SSSR count). The van der Waals surface area contributed by atoms with Crippen molar-refractivity contribution in [3.63, 3.8) is 0 Å². The Hall–Kier alpha value is -4.72. The van der Waals surface area contributed by atoms with Gasteiger partial charge in [-0.05, 0) is 23.8 Å². The Morgan fingerprint density at radius 2 is 1.84 bits per heavy atom. The van der Waals surface area contributed by atoms with Gasteiger partial charge in [0.25, 0.3) is 11.6 Å². The number of nitrogens with zero attached hydrogens (tertiary/aromatic N) is 2. The molecular weight excluding hydrogens is 406 g/mol. The van der Waals surface area contributed by atoms with Gasteiger partial charge in [-0.3, -0.25) is 14.9 Å². The lowest BCUT2D eigenvalue weighted by Crippen LogP contribution is -2.10. The first kappa shape index (κ1) is 19.3. The number of rotatable bonds is 5. The molecule has 1 aliphatic rings. The Balaban J connectivity index is 1.66. The van der Waals surface area contributed by atoms with Crippen LogP contribution in [0.3, 0.4) is 0 Å². The molecular formula is C24H17N5O3. The standard InChI is InChI=1S/C24H17N5O3/c30-24-21(19-14-18(29(31)32)9-10-20(19)28-24)22(15-5-2-1-3-6-15)27-17-8-4-7-16(13-17)23-25-11-12-26-23/h1-14,27H,(H,25,26)(H,28,30). The number of hydrogen-bond acceptors (Lipinski definition) is 5. The highest BCUT2D eigenvalue weighted by Gasteiger charge is 2.30. The summed E-state index contributed by atoms with van der Waals surface area (Å²) in [6, 6.07) is 21.4. The van der Waals surface area contributed by atoms with Crippen LogP contribution < -0.4 is 10.6 Å². The molecule has 3 N–H and O–H groups in total. The van der Waals surface area contributed by atoms with E-state index in [9.17, 15) is 14.9 Å². The molecule has 0 atom stereocenters. The molecule has 1 aromatic heterocycles. The van der Waals surface area contributed by atoms with Crippen molar-refractivity contribution in [2.45, 2.75) is 0 Å². The number of carbonyl (C=O) groups is 1. The van der Waals surface area contributed by atoms with Crippen LogP contribution in [-0.2, 0) is 4.79 Å². The van der Waals surface area contributed by atoms with E-state index in [4.69, 9.17) is 0 Å². The maximum Gasteiger partial charge on any atom is 0.270 e. The van der Waals surface area contributed by atoms with Gasteiger partial charge >= 0.3 is 0 Å². The topological polar surface area (TPSA) is 113 Å². The summed E-state index contributed by atoms with van der Waals surface area (Å²) in [7, 11) is 0. The molecule has 2 heterocycles. The zero-order chi connectivity index (χ0) is 22.1. The van der Waals surface area contributed by atoms with Crippen molar-refractivity contribution in [2.24, 2.45) is 0 Å². The summed E-state index contributed by atoms with van der Waals surface area (Å²) < 4.78 is 0.